The Kier molecular flexibility index (Phi) is 9.13. The summed E-state index contributed by atoms with van der Waals surface area (Å²) < 4.78 is 0. The number of fused-ring (bicyclic) bond motifs is 1. The van der Waals surface area contributed by atoms with Crippen LogP contribution in [0.3, 0.4) is 0 Å². The first-order chi connectivity index (χ1) is 20.7. The van der Waals surface area contributed by atoms with Gasteiger partial charge in [0.25, 0.3) is 0 Å². The second-order valence-electron chi connectivity index (χ2n) is 11.2. The van der Waals surface area contributed by atoms with Gasteiger partial charge >= 0.3 is 0 Å². The summed E-state index contributed by atoms with van der Waals surface area (Å²) in [4.78, 5) is 55.3. The monoisotopic (exact) mass is 601 g/mol. The number of nitrogens with one attached hydrogen (secondary N) is 3. The molecule has 6 unspecified atom stereocenters. The molecule has 0 radical (unpaired) electrons. The van der Waals surface area contributed by atoms with Crippen molar-refractivity contribution >= 4 is 35.2 Å². The van der Waals surface area contributed by atoms with Crippen molar-refractivity contribution in [3.8, 4) is 0 Å². The van der Waals surface area contributed by atoms with Crippen molar-refractivity contribution in [3.63, 3.8) is 0 Å². The molecule has 3 aromatic carbocycles. The molecule has 10 heteroatoms. The van der Waals surface area contributed by atoms with Gasteiger partial charge in [-0.3, -0.25) is 19.2 Å². The standard InChI is InChI=1S/C33H36ClN5O4/c1-19(35)30(40)37-27(16-20-9-8-13-23(34)15-20)33(43)39-18-26(21-10-4-3-5-11-21)29(39)32(42)38-28-24-14-7-6-12-22(24)17-25(28)31(41)36-2/h3-15,19,25-29H,16-18,35H2,1-2H3,(H,36,41)(H,37,40)(H,38,42). The van der Waals surface area contributed by atoms with E-state index >= 15 is 0 Å². The number of benzene rings is 3. The predicted octanol–water partition coefficient (Wildman–Crippen LogP) is 2.48. The normalized spacial score (nSPS) is 22.0. The molecule has 5 N–H and O–H groups in total. The molecule has 2 aliphatic rings. The Balaban J connectivity index is 1.45. The highest BCUT2D eigenvalue weighted by Crippen LogP contribution is 2.39. The average molecular weight is 602 g/mol. The van der Waals surface area contributed by atoms with E-state index in [2.05, 4.69) is 16.0 Å². The molecular weight excluding hydrogens is 566 g/mol. The van der Waals surface area contributed by atoms with Gasteiger partial charge < -0.3 is 26.6 Å². The fraction of sp³-hybridized carbons (Fsp3) is 0.333. The molecular formula is C33H36ClN5O4. The molecule has 1 aliphatic heterocycles. The van der Waals surface area contributed by atoms with Crippen molar-refractivity contribution in [2.75, 3.05) is 13.6 Å². The van der Waals surface area contributed by atoms with Gasteiger partial charge in [0.05, 0.1) is 18.0 Å². The molecule has 4 amide bonds. The van der Waals surface area contributed by atoms with E-state index in [1.165, 1.54) is 4.90 Å². The highest BCUT2D eigenvalue weighted by atomic mass is 35.5. The van der Waals surface area contributed by atoms with Crippen LogP contribution in [0, 0.1) is 5.92 Å². The van der Waals surface area contributed by atoms with E-state index in [1.54, 1.807) is 32.2 Å². The number of likely N-dealkylation sites (tertiary alicyclic amines) is 1. The smallest absolute Gasteiger partial charge is 0.246 e. The van der Waals surface area contributed by atoms with Crippen LogP contribution < -0.4 is 21.7 Å². The Bertz CT molecular complexity index is 1510. The van der Waals surface area contributed by atoms with E-state index in [1.807, 2.05) is 60.7 Å². The first kappa shape index (κ1) is 30.3. The largest absolute Gasteiger partial charge is 0.359 e. The fourth-order valence-corrected chi connectivity index (χ4v) is 6.30. The van der Waals surface area contributed by atoms with Crippen LogP contribution in [0.25, 0.3) is 0 Å². The number of nitrogens with zero attached hydrogens (tertiary/aromatic N) is 1. The van der Waals surface area contributed by atoms with Gasteiger partial charge in [-0.1, -0.05) is 78.3 Å². The maximum atomic E-state index is 14.1. The van der Waals surface area contributed by atoms with Crippen LogP contribution in [0.2, 0.25) is 5.02 Å². The molecule has 1 aliphatic carbocycles. The summed E-state index contributed by atoms with van der Waals surface area (Å²) >= 11 is 6.19. The molecule has 0 bridgehead atoms. The topological polar surface area (TPSA) is 134 Å². The minimum atomic E-state index is -0.963. The first-order valence-electron chi connectivity index (χ1n) is 14.4. The fourth-order valence-electron chi connectivity index (χ4n) is 6.09. The Morgan fingerprint density at radius 2 is 1.70 bits per heavy atom. The summed E-state index contributed by atoms with van der Waals surface area (Å²) in [5.74, 6) is -2.14. The molecule has 5 rings (SSSR count). The van der Waals surface area contributed by atoms with Crippen LogP contribution in [0.15, 0.2) is 78.9 Å². The van der Waals surface area contributed by atoms with E-state index in [0.29, 0.717) is 18.0 Å². The number of carbonyl (C=O) groups excluding carboxylic acids is 4. The minimum Gasteiger partial charge on any atom is -0.359 e. The Morgan fingerprint density at radius 1 is 0.977 bits per heavy atom. The molecule has 1 heterocycles. The van der Waals surface area contributed by atoms with Crippen molar-refractivity contribution in [2.24, 2.45) is 11.7 Å². The van der Waals surface area contributed by atoms with E-state index in [4.69, 9.17) is 17.3 Å². The quantitative estimate of drug-likeness (QED) is 0.299. The van der Waals surface area contributed by atoms with Crippen molar-refractivity contribution < 1.29 is 19.2 Å². The maximum Gasteiger partial charge on any atom is 0.246 e. The molecule has 0 saturated carbocycles. The zero-order valence-electron chi connectivity index (χ0n) is 24.1. The van der Waals surface area contributed by atoms with E-state index in [9.17, 15) is 19.2 Å². The molecule has 3 aromatic rings. The van der Waals surface area contributed by atoms with Gasteiger partial charge in [-0.15, -0.1) is 0 Å². The van der Waals surface area contributed by atoms with Crippen LogP contribution in [0.1, 0.15) is 41.1 Å². The molecule has 1 saturated heterocycles. The average Bonchev–Trinajstić information content (AvgIpc) is 3.34. The second kappa shape index (κ2) is 13.0. The Hall–Kier alpha value is -4.21. The van der Waals surface area contributed by atoms with Crippen molar-refractivity contribution in [1.82, 2.24) is 20.9 Å². The zero-order valence-corrected chi connectivity index (χ0v) is 24.9. The lowest BCUT2D eigenvalue weighted by atomic mass is 9.80. The Labute approximate surface area is 256 Å². The SMILES string of the molecule is CNC(=O)C1Cc2ccccc2C1NC(=O)C1C(c2ccccc2)CN1C(=O)C(Cc1cccc(Cl)c1)NC(=O)C(C)N. The molecule has 224 valence electrons. The summed E-state index contributed by atoms with van der Waals surface area (Å²) in [7, 11) is 1.58. The van der Waals surface area contributed by atoms with E-state index in [-0.39, 0.29) is 24.2 Å². The number of rotatable bonds is 9. The van der Waals surface area contributed by atoms with Gasteiger partial charge in [0.2, 0.25) is 23.6 Å². The highest BCUT2D eigenvalue weighted by Gasteiger charge is 2.50. The van der Waals surface area contributed by atoms with Crippen molar-refractivity contribution in [3.05, 3.63) is 106 Å². The molecule has 6 atom stereocenters. The predicted molar refractivity (Wildman–Crippen MR) is 164 cm³/mol. The summed E-state index contributed by atoms with van der Waals surface area (Å²) in [6.45, 7) is 1.84. The van der Waals surface area contributed by atoms with Crippen LogP contribution in [0.5, 0.6) is 0 Å². The van der Waals surface area contributed by atoms with Crippen molar-refractivity contribution in [1.29, 1.82) is 0 Å². The van der Waals surface area contributed by atoms with E-state index in [0.717, 1.165) is 22.3 Å². The number of carbonyl (C=O) groups is 4. The Morgan fingerprint density at radius 3 is 2.40 bits per heavy atom. The van der Waals surface area contributed by atoms with Crippen LogP contribution in [-0.4, -0.2) is 60.2 Å². The summed E-state index contributed by atoms with van der Waals surface area (Å²) in [5, 5.41) is 9.13. The zero-order chi connectivity index (χ0) is 30.7. The minimum absolute atomic E-state index is 0.164. The van der Waals surface area contributed by atoms with Gasteiger partial charge in [0.1, 0.15) is 12.1 Å². The number of hydrogen-bond donors (Lipinski definition) is 4. The third kappa shape index (κ3) is 6.43. The molecule has 0 aromatic heterocycles. The van der Waals surface area contributed by atoms with Gasteiger partial charge in [-0.05, 0) is 47.7 Å². The van der Waals surface area contributed by atoms with Crippen LogP contribution in [-0.2, 0) is 32.0 Å². The lowest BCUT2D eigenvalue weighted by molar-refractivity contribution is -0.152. The summed E-state index contributed by atoms with van der Waals surface area (Å²) in [6, 6.07) is 21.1. The first-order valence-corrected chi connectivity index (χ1v) is 14.8. The lowest BCUT2D eigenvalue weighted by Crippen LogP contribution is -2.67. The molecule has 9 nitrogen and oxygen atoms in total. The number of nitrogens with two attached hydrogens (primary N) is 1. The maximum absolute atomic E-state index is 14.1. The van der Waals surface area contributed by atoms with Gasteiger partial charge in [0.15, 0.2) is 0 Å². The van der Waals surface area contributed by atoms with Gasteiger partial charge in [-0.2, -0.15) is 0 Å². The third-order valence-corrected chi connectivity index (χ3v) is 8.60. The molecule has 43 heavy (non-hydrogen) atoms. The molecule has 0 spiro atoms. The lowest BCUT2D eigenvalue weighted by Gasteiger charge is -2.48. The highest BCUT2D eigenvalue weighted by molar-refractivity contribution is 6.30. The van der Waals surface area contributed by atoms with E-state index < -0.39 is 41.9 Å². The second-order valence-corrected chi connectivity index (χ2v) is 11.7. The van der Waals surface area contributed by atoms with Crippen LogP contribution in [0.4, 0.5) is 0 Å². The van der Waals surface area contributed by atoms with Gasteiger partial charge in [0, 0.05) is 31.0 Å². The summed E-state index contributed by atoms with van der Waals surface area (Å²) in [5.41, 5.74) is 9.40. The van der Waals surface area contributed by atoms with Crippen molar-refractivity contribution in [2.45, 2.75) is 49.9 Å². The number of hydrogen-bond acceptors (Lipinski definition) is 5. The summed E-state index contributed by atoms with van der Waals surface area (Å²) in [6.07, 6.45) is 0.675. The molecule has 1 fully saturated rings. The van der Waals surface area contributed by atoms with Crippen LogP contribution >= 0.6 is 11.6 Å². The van der Waals surface area contributed by atoms with Gasteiger partial charge in [-0.25, -0.2) is 0 Å². The number of amides is 4. The third-order valence-electron chi connectivity index (χ3n) is 8.36. The number of halogens is 1.